The number of methoxy groups -OCH3 is 2. The Morgan fingerprint density at radius 1 is 0.966 bits per heavy atom. The normalized spacial score (nSPS) is 11.1. The van der Waals surface area contributed by atoms with Crippen LogP contribution in [0.1, 0.15) is 17.5 Å². The third kappa shape index (κ3) is 6.76. The number of nitrogens with one attached hydrogen (secondary N) is 1. The van der Waals surface area contributed by atoms with Crippen molar-refractivity contribution in [2.45, 2.75) is 13.0 Å². The first-order valence-electron chi connectivity index (χ1n) is 8.88. The number of hydrogen-bond acceptors (Lipinski definition) is 5. The van der Waals surface area contributed by atoms with Crippen LogP contribution in [0, 0.1) is 5.92 Å². The highest BCUT2D eigenvalue weighted by Crippen LogP contribution is 2.24. The van der Waals surface area contributed by atoms with Crippen molar-refractivity contribution in [2.75, 3.05) is 14.2 Å². The highest BCUT2D eigenvalue weighted by Gasteiger charge is 2.30. The Hall–Kier alpha value is -3.12. The number of rotatable bonds is 8. The van der Waals surface area contributed by atoms with Crippen molar-refractivity contribution in [3.05, 3.63) is 76.8 Å². The minimum Gasteiger partial charge on any atom is -0.468 e. The summed E-state index contributed by atoms with van der Waals surface area (Å²) in [6.45, 7) is 0.312. The zero-order valence-corrected chi connectivity index (χ0v) is 16.9. The van der Waals surface area contributed by atoms with Gasteiger partial charge in [-0.25, -0.2) is 0 Å². The molecule has 1 N–H and O–H groups in total. The molecule has 0 radical (unpaired) electrons. The summed E-state index contributed by atoms with van der Waals surface area (Å²) in [5.74, 6) is -2.96. The van der Waals surface area contributed by atoms with Crippen LogP contribution in [-0.4, -0.2) is 32.1 Å². The van der Waals surface area contributed by atoms with Crippen molar-refractivity contribution in [3.63, 3.8) is 0 Å². The third-order valence-corrected chi connectivity index (χ3v) is 4.48. The fourth-order valence-electron chi connectivity index (χ4n) is 2.68. The smallest absolute Gasteiger partial charge is 0.320 e. The summed E-state index contributed by atoms with van der Waals surface area (Å²) >= 11 is 5.86. The van der Waals surface area contributed by atoms with Gasteiger partial charge in [-0.2, -0.15) is 0 Å². The molecule has 2 rings (SSSR count). The molecule has 0 aromatic heterocycles. The zero-order valence-electron chi connectivity index (χ0n) is 16.2. The maximum Gasteiger partial charge on any atom is 0.320 e. The second-order valence-electron chi connectivity index (χ2n) is 6.18. The van der Waals surface area contributed by atoms with Crippen LogP contribution in [0.4, 0.5) is 0 Å². The molecular formula is C22H22ClNO5. The molecule has 0 saturated carbocycles. The Balaban J connectivity index is 2.22. The van der Waals surface area contributed by atoms with Gasteiger partial charge in [0.15, 0.2) is 5.92 Å². The van der Waals surface area contributed by atoms with Crippen LogP contribution in [-0.2, 0) is 30.4 Å². The predicted octanol–water partition coefficient (Wildman–Crippen LogP) is 3.39. The lowest BCUT2D eigenvalue weighted by molar-refractivity contribution is -0.158. The first-order valence-corrected chi connectivity index (χ1v) is 9.26. The second kappa shape index (κ2) is 11.0. The van der Waals surface area contributed by atoms with Gasteiger partial charge < -0.3 is 14.8 Å². The van der Waals surface area contributed by atoms with Crippen molar-refractivity contribution in [1.82, 2.24) is 5.32 Å². The molecule has 0 heterocycles. The van der Waals surface area contributed by atoms with E-state index in [9.17, 15) is 14.4 Å². The van der Waals surface area contributed by atoms with Gasteiger partial charge in [-0.15, -0.1) is 0 Å². The van der Waals surface area contributed by atoms with Gasteiger partial charge in [-0.3, -0.25) is 14.4 Å². The number of allylic oxidation sites excluding steroid dienone is 1. The fraction of sp³-hybridized carbons (Fsp3) is 0.227. The molecule has 0 fully saturated rings. The number of halogens is 1. The molecule has 0 spiro atoms. The Labute approximate surface area is 174 Å². The number of hydrogen-bond donors (Lipinski definition) is 1. The van der Waals surface area contributed by atoms with Gasteiger partial charge in [0.1, 0.15) is 0 Å². The van der Waals surface area contributed by atoms with E-state index in [1.54, 1.807) is 36.4 Å². The Morgan fingerprint density at radius 3 is 2.10 bits per heavy atom. The summed E-state index contributed by atoms with van der Waals surface area (Å²) in [5, 5.41) is 3.40. The van der Waals surface area contributed by atoms with E-state index in [1.807, 2.05) is 18.2 Å². The Bertz CT molecular complexity index is 862. The summed E-state index contributed by atoms with van der Waals surface area (Å²) in [6.07, 6.45) is 1.35. The Morgan fingerprint density at radius 2 is 1.55 bits per heavy atom. The zero-order chi connectivity index (χ0) is 21.2. The lowest BCUT2D eigenvalue weighted by Gasteiger charge is -2.15. The molecule has 152 valence electrons. The largest absolute Gasteiger partial charge is 0.468 e. The maximum absolute atomic E-state index is 12.5. The molecule has 7 heteroatoms. The van der Waals surface area contributed by atoms with Crippen LogP contribution < -0.4 is 5.32 Å². The molecule has 0 saturated heterocycles. The topological polar surface area (TPSA) is 81.7 Å². The molecule has 29 heavy (non-hydrogen) atoms. The van der Waals surface area contributed by atoms with Gasteiger partial charge >= 0.3 is 11.9 Å². The average Bonchev–Trinajstić information content (AvgIpc) is 2.75. The van der Waals surface area contributed by atoms with Crippen molar-refractivity contribution in [2.24, 2.45) is 5.92 Å². The van der Waals surface area contributed by atoms with Gasteiger partial charge in [0.25, 0.3) is 0 Å². The van der Waals surface area contributed by atoms with Gasteiger partial charge in [-0.1, -0.05) is 54.1 Å². The number of carbonyl (C=O) groups excluding carboxylic acids is 3. The molecule has 2 aromatic rings. The molecule has 6 nitrogen and oxygen atoms in total. The predicted molar refractivity (Wildman–Crippen MR) is 110 cm³/mol. The first kappa shape index (κ1) is 22.2. The van der Waals surface area contributed by atoms with E-state index in [1.165, 1.54) is 20.3 Å². The van der Waals surface area contributed by atoms with Crippen molar-refractivity contribution >= 4 is 35.0 Å². The van der Waals surface area contributed by atoms with Crippen molar-refractivity contribution in [1.29, 1.82) is 0 Å². The summed E-state index contributed by atoms with van der Waals surface area (Å²) in [7, 11) is 2.39. The molecule has 0 bridgehead atoms. The van der Waals surface area contributed by atoms with E-state index in [2.05, 4.69) is 5.32 Å². The molecule has 0 aliphatic heterocycles. The maximum atomic E-state index is 12.5. The Kier molecular flexibility index (Phi) is 8.43. The van der Waals surface area contributed by atoms with Crippen LogP contribution in [0.3, 0.4) is 0 Å². The number of carbonyl (C=O) groups is 3. The van der Waals surface area contributed by atoms with Gasteiger partial charge in [0.05, 0.1) is 14.2 Å². The highest BCUT2D eigenvalue weighted by molar-refractivity contribution is 6.30. The first-order chi connectivity index (χ1) is 13.9. The van der Waals surface area contributed by atoms with E-state index in [0.717, 1.165) is 5.56 Å². The van der Waals surface area contributed by atoms with E-state index in [0.29, 0.717) is 22.7 Å². The number of ether oxygens (including phenoxy) is 2. The third-order valence-electron chi connectivity index (χ3n) is 4.23. The van der Waals surface area contributed by atoms with Crippen molar-refractivity contribution in [3.8, 4) is 0 Å². The van der Waals surface area contributed by atoms with Crippen molar-refractivity contribution < 1.29 is 23.9 Å². The highest BCUT2D eigenvalue weighted by atomic mass is 35.5. The van der Waals surface area contributed by atoms with Crippen LogP contribution in [0.15, 0.2) is 60.7 Å². The number of esters is 2. The van der Waals surface area contributed by atoms with Gasteiger partial charge in [0, 0.05) is 17.6 Å². The molecule has 0 aliphatic carbocycles. The second-order valence-corrected chi connectivity index (χ2v) is 6.62. The van der Waals surface area contributed by atoms with E-state index in [-0.39, 0.29) is 12.3 Å². The summed E-state index contributed by atoms with van der Waals surface area (Å²) in [4.78, 5) is 36.6. The fourth-order valence-corrected chi connectivity index (χ4v) is 2.81. The van der Waals surface area contributed by atoms with Crippen LogP contribution >= 0.6 is 11.6 Å². The minimum atomic E-state index is -1.17. The molecule has 0 unspecified atom stereocenters. The minimum absolute atomic E-state index is 0.0300. The number of benzene rings is 2. The molecule has 2 aromatic carbocycles. The average molecular weight is 416 g/mol. The monoisotopic (exact) mass is 415 g/mol. The quantitative estimate of drug-likeness (QED) is 0.406. The van der Waals surface area contributed by atoms with E-state index in [4.69, 9.17) is 21.1 Å². The summed E-state index contributed by atoms with van der Waals surface area (Å²) in [6, 6.07) is 16.1. The van der Waals surface area contributed by atoms with Crippen LogP contribution in [0.5, 0.6) is 0 Å². The van der Waals surface area contributed by atoms with E-state index < -0.39 is 17.9 Å². The standard InChI is InChI=1S/C22H22ClNO5/c1-28-21(26)19(22(27)29-2)12-17(16-6-4-3-5-7-16)13-20(25)24-14-15-8-10-18(23)11-9-15/h3-11,13,19H,12,14H2,1-2H3,(H,24,25)/b17-13-. The van der Waals surface area contributed by atoms with E-state index >= 15 is 0 Å². The molecule has 0 aliphatic rings. The van der Waals surface area contributed by atoms with Gasteiger partial charge in [0.2, 0.25) is 5.91 Å². The summed E-state index contributed by atoms with van der Waals surface area (Å²) in [5.41, 5.74) is 2.12. The van der Waals surface area contributed by atoms with Crippen LogP contribution in [0.2, 0.25) is 5.02 Å². The molecule has 0 atom stereocenters. The molecular weight excluding hydrogens is 394 g/mol. The lowest BCUT2D eigenvalue weighted by atomic mass is 9.93. The summed E-state index contributed by atoms with van der Waals surface area (Å²) < 4.78 is 9.43. The van der Waals surface area contributed by atoms with Crippen LogP contribution in [0.25, 0.3) is 5.57 Å². The lowest BCUT2D eigenvalue weighted by Crippen LogP contribution is -2.27. The number of amides is 1. The van der Waals surface area contributed by atoms with Gasteiger partial charge in [-0.05, 0) is 35.3 Å². The SMILES string of the molecule is COC(=O)C(C/C(=C/C(=O)NCc1ccc(Cl)cc1)c1ccccc1)C(=O)OC. The molecule has 1 amide bonds.